The summed E-state index contributed by atoms with van der Waals surface area (Å²) >= 11 is 0. The molecule has 0 spiro atoms. The third-order valence-corrected chi connectivity index (χ3v) is 7.49. The summed E-state index contributed by atoms with van der Waals surface area (Å²) in [5, 5.41) is 4.22. The van der Waals surface area contributed by atoms with Crippen LogP contribution in [0.5, 0.6) is 5.75 Å². The van der Waals surface area contributed by atoms with E-state index in [-0.39, 0.29) is 18.4 Å². The average Bonchev–Trinajstić information content (AvgIpc) is 3.23. The normalized spacial score (nSPS) is 16.5. The zero-order valence-electron chi connectivity index (χ0n) is 19.0. The van der Waals surface area contributed by atoms with Gasteiger partial charge in [0.25, 0.3) is 0 Å². The Morgan fingerprint density at radius 1 is 1.09 bits per heavy atom. The Hall–Kier alpha value is -2.88. The van der Waals surface area contributed by atoms with E-state index in [9.17, 15) is 13.2 Å². The van der Waals surface area contributed by atoms with Gasteiger partial charge in [0.1, 0.15) is 5.75 Å². The molecular weight excluding hydrogens is 440 g/mol. The lowest BCUT2D eigenvalue weighted by molar-refractivity contribution is -0.122. The van der Waals surface area contributed by atoms with Crippen LogP contribution in [0.3, 0.4) is 0 Å². The Morgan fingerprint density at radius 2 is 1.79 bits per heavy atom. The predicted molar refractivity (Wildman–Crippen MR) is 129 cm³/mol. The van der Waals surface area contributed by atoms with E-state index in [2.05, 4.69) is 16.4 Å². The van der Waals surface area contributed by atoms with E-state index in [1.807, 2.05) is 53.6 Å². The molecule has 2 N–H and O–H groups in total. The molecule has 0 aliphatic carbocycles. The number of para-hydroxylation sites is 1. The topological polar surface area (TPSA) is 94.7 Å². The maximum absolute atomic E-state index is 12.7. The number of nitrogens with one attached hydrogen (secondary N) is 2. The number of carbonyl (C=O) groups is 1. The first kappa shape index (κ1) is 23.3. The van der Waals surface area contributed by atoms with Gasteiger partial charge < -0.3 is 15.0 Å². The van der Waals surface area contributed by atoms with Crippen molar-refractivity contribution in [3.8, 4) is 5.75 Å². The van der Waals surface area contributed by atoms with Crippen molar-refractivity contribution < 1.29 is 17.9 Å². The summed E-state index contributed by atoms with van der Waals surface area (Å²) in [6.45, 7) is 2.62. The first-order valence-corrected chi connectivity index (χ1v) is 12.8. The molecule has 3 aromatic rings. The number of H-pyrrole nitrogens is 1. The molecule has 0 bridgehead atoms. The lowest BCUT2D eigenvalue weighted by atomic mass is 9.90. The van der Waals surface area contributed by atoms with Gasteiger partial charge in [-0.15, -0.1) is 0 Å². The lowest BCUT2D eigenvalue weighted by Gasteiger charge is -2.32. The van der Waals surface area contributed by atoms with Gasteiger partial charge in [0.05, 0.1) is 19.9 Å². The molecule has 2 aromatic carbocycles. The van der Waals surface area contributed by atoms with Gasteiger partial charge in [0.2, 0.25) is 15.9 Å². The Balaban J connectivity index is 1.45. The van der Waals surface area contributed by atoms with Gasteiger partial charge in [0, 0.05) is 55.7 Å². The van der Waals surface area contributed by atoms with Crippen LogP contribution in [0.1, 0.15) is 17.0 Å². The average molecular weight is 471 g/mol. The molecule has 0 saturated carbocycles. The van der Waals surface area contributed by atoms with E-state index in [1.54, 1.807) is 7.11 Å². The highest BCUT2D eigenvalue weighted by Crippen LogP contribution is 2.31. The third-order valence-electron chi connectivity index (χ3n) is 6.19. The van der Waals surface area contributed by atoms with Crippen molar-refractivity contribution >= 4 is 26.8 Å². The SMILES string of the molecule is COc1ccc(C(CNC(=O)CN2CCN(S(C)(=O)=O)CC2)c2c[nH]c3ccccc23)cc1. The van der Waals surface area contributed by atoms with Gasteiger partial charge in [-0.25, -0.2) is 8.42 Å². The minimum absolute atomic E-state index is 0.0295. The van der Waals surface area contributed by atoms with Crippen LogP contribution >= 0.6 is 0 Å². The van der Waals surface area contributed by atoms with E-state index in [0.29, 0.717) is 32.7 Å². The summed E-state index contributed by atoms with van der Waals surface area (Å²) in [5.74, 6) is 0.688. The van der Waals surface area contributed by atoms with Crippen LogP contribution in [-0.2, 0) is 14.8 Å². The highest BCUT2D eigenvalue weighted by molar-refractivity contribution is 7.88. The van der Waals surface area contributed by atoms with Gasteiger partial charge in [-0.2, -0.15) is 4.31 Å². The Kier molecular flexibility index (Phi) is 7.02. The largest absolute Gasteiger partial charge is 0.497 e. The van der Waals surface area contributed by atoms with Crippen LogP contribution in [0.2, 0.25) is 0 Å². The fourth-order valence-electron chi connectivity index (χ4n) is 4.32. The van der Waals surface area contributed by atoms with Gasteiger partial charge in [-0.3, -0.25) is 9.69 Å². The Morgan fingerprint density at radius 3 is 2.45 bits per heavy atom. The first-order chi connectivity index (χ1) is 15.8. The number of piperazine rings is 1. The quantitative estimate of drug-likeness (QED) is 0.525. The molecule has 9 heteroatoms. The van der Waals surface area contributed by atoms with Crippen molar-refractivity contribution in [2.24, 2.45) is 0 Å². The lowest BCUT2D eigenvalue weighted by Crippen LogP contribution is -2.51. The molecule has 1 atom stereocenters. The fraction of sp³-hybridized carbons (Fsp3) is 0.375. The van der Waals surface area contributed by atoms with E-state index >= 15 is 0 Å². The number of hydrogen-bond donors (Lipinski definition) is 2. The van der Waals surface area contributed by atoms with E-state index < -0.39 is 10.0 Å². The maximum atomic E-state index is 12.7. The van der Waals surface area contributed by atoms with E-state index in [4.69, 9.17) is 4.74 Å². The number of methoxy groups -OCH3 is 1. The smallest absolute Gasteiger partial charge is 0.234 e. The molecule has 1 fully saturated rings. The molecule has 1 aliphatic heterocycles. The number of ether oxygens (including phenoxy) is 1. The van der Waals surface area contributed by atoms with Crippen LogP contribution in [0.25, 0.3) is 10.9 Å². The summed E-state index contributed by atoms with van der Waals surface area (Å²) in [5.41, 5.74) is 3.27. The standard InChI is InChI=1S/C24H30N4O4S/c1-32-19-9-7-18(8-10-19)21(22-16-25-23-6-4-3-5-20(22)23)15-26-24(29)17-27-11-13-28(14-12-27)33(2,30)31/h3-10,16,21,25H,11-15,17H2,1-2H3,(H,26,29). The predicted octanol–water partition coefficient (Wildman–Crippen LogP) is 2.00. The summed E-state index contributed by atoms with van der Waals surface area (Å²) in [4.78, 5) is 18.1. The third kappa shape index (κ3) is 5.55. The highest BCUT2D eigenvalue weighted by Gasteiger charge is 2.25. The molecule has 176 valence electrons. The van der Waals surface area contributed by atoms with Crippen LogP contribution in [0, 0.1) is 0 Å². The van der Waals surface area contributed by atoms with Crippen LogP contribution in [0.15, 0.2) is 54.7 Å². The molecule has 4 rings (SSSR count). The van der Waals surface area contributed by atoms with Gasteiger partial charge in [0.15, 0.2) is 0 Å². The maximum Gasteiger partial charge on any atom is 0.234 e. The minimum atomic E-state index is -3.18. The van der Waals surface area contributed by atoms with Crippen molar-refractivity contribution in [3.05, 3.63) is 65.9 Å². The second kappa shape index (κ2) is 9.94. The van der Waals surface area contributed by atoms with Crippen molar-refractivity contribution in [2.45, 2.75) is 5.92 Å². The van der Waals surface area contributed by atoms with E-state index in [1.165, 1.54) is 10.6 Å². The zero-order valence-corrected chi connectivity index (χ0v) is 19.8. The first-order valence-electron chi connectivity index (χ1n) is 11.0. The Labute approximate surface area is 194 Å². The minimum Gasteiger partial charge on any atom is -0.497 e. The fourth-order valence-corrected chi connectivity index (χ4v) is 5.15. The molecule has 1 amide bonds. The number of rotatable bonds is 8. The van der Waals surface area contributed by atoms with Crippen LogP contribution in [-0.4, -0.2) is 81.1 Å². The molecule has 1 aliphatic rings. The molecule has 1 saturated heterocycles. The number of carbonyl (C=O) groups excluding carboxylic acids is 1. The number of benzene rings is 2. The summed E-state index contributed by atoms with van der Waals surface area (Å²) in [6.07, 6.45) is 3.23. The second-order valence-electron chi connectivity index (χ2n) is 8.36. The highest BCUT2D eigenvalue weighted by atomic mass is 32.2. The van der Waals surface area contributed by atoms with Crippen molar-refractivity contribution in [1.82, 2.24) is 19.5 Å². The Bertz CT molecular complexity index is 1200. The molecule has 1 unspecified atom stereocenters. The molecule has 0 radical (unpaired) electrons. The van der Waals surface area contributed by atoms with Crippen LogP contribution < -0.4 is 10.1 Å². The van der Waals surface area contributed by atoms with Gasteiger partial charge in [-0.05, 0) is 29.3 Å². The number of aromatic nitrogens is 1. The van der Waals surface area contributed by atoms with Crippen molar-refractivity contribution in [1.29, 1.82) is 0 Å². The number of hydrogen-bond acceptors (Lipinski definition) is 5. The molecular formula is C24H30N4O4S. The molecule has 33 heavy (non-hydrogen) atoms. The molecule has 8 nitrogen and oxygen atoms in total. The number of fused-ring (bicyclic) bond motifs is 1. The van der Waals surface area contributed by atoms with Crippen molar-refractivity contribution in [3.63, 3.8) is 0 Å². The van der Waals surface area contributed by atoms with Crippen LogP contribution in [0.4, 0.5) is 0 Å². The number of aromatic amines is 1. The summed E-state index contributed by atoms with van der Waals surface area (Å²) < 4.78 is 30.1. The second-order valence-corrected chi connectivity index (χ2v) is 10.3. The number of sulfonamides is 1. The molecule has 1 aromatic heterocycles. The number of nitrogens with zero attached hydrogens (tertiary/aromatic N) is 2. The van der Waals surface area contributed by atoms with Gasteiger partial charge >= 0.3 is 0 Å². The number of amides is 1. The zero-order chi connectivity index (χ0) is 23.4. The molecule has 2 heterocycles. The monoisotopic (exact) mass is 470 g/mol. The van der Waals surface area contributed by atoms with E-state index in [0.717, 1.165) is 27.8 Å². The van der Waals surface area contributed by atoms with Crippen molar-refractivity contribution in [2.75, 3.05) is 52.6 Å². The van der Waals surface area contributed by atoms with Gasteiger partial charge in [-0.1, -0.05) is 30.3 Å². The summed E-state index contributed by atoms with van der Waals surface area (Å²) in [7, 11) is -1.54. The summed E-state index contributed by atoms with van der Waals surface area (Å²) in [6, 6.07) is 16.1.